The fourth-order valence-corrected chi connectivity index (χ4v) is 2.16. The van der Waals surface area contributed by atoms with Gasteiger partial charge in [0.15, 0.2) is 6.10 Å². The van der Waals surface area contributed by atoms with Crippen molar-refractivity contribution in [2.24, 2.45) is 5.10 Å². The van der Waals surface area contributed by atoms with Gasteiger partial charge in [0.1, 0.15) is 11.5 Å². The summed E-state index contributed by atoms with van der Waals surface area (Å²) in [6.45, 7) is 0. The Kier molecular flexibility index (Phi) is 6.33. The van der Waals surface area contributed by atoms with E-state index in [1.54, 1.807) is 32.4 Å². The smallest absolute Gasteiger partial charge is 0.273 e. The monoisotopic (exact) mass is 328 g/mol. The molecule has 0 aliphatic carbocycles. The largest absolute Gasteiger partial charge is 0.497 e. The lowest BCUT2D eigenvalue weighted by atomic mass is 10.1. The molecule has 1 unspecified atom stereocenters. The number of nitrogens with one attached hydrogen (secondary N) is 1. The number of carbonyl (C=O) groups excluding carboxylic acids is 1. The molecule has 1 atom stereocenters. The Morgan fingerprint density at radius 2 is 1.67 bits per heavy atom. The standard InChI is InChI=1S/C18H20N2O4/c1-22-15-9-13(10-16(11-15)23-2)12-19-20-18(21)17(24-3)14-7-5-4-6-8-14/h4-12,17H,1-3H3,(H,20,21)/b19-12+. The molecule has 24 heavy (non-hydrogen) atoms. The molecule has 0 heterocycles. The van der Waals surface area contributed by atoms with Gasteiger partial charge in [0.05, 0.1) is 20.4 Å². The second-order valence-corrected chi connectivity index (χ2v) is 4.91. The first-order chi connectivity index (χ1) is 11.7. The van der Waals surface area contributed by atoms with Gasteiger partial charge in [-0.05, 0) is 17.7 Å². The Hall–Kier alpha value is -2.86. The van der Waals surface area contributed by atoms with Gasteiger partial charge in [-0.15, -0.1) is 0 Å². The lowest BCUT2D eigenvalue weighted by molar-refractivity contribution is -0.131. The van der Waals surface area contributed by atoms with Crippen LogP contribution in [0.25, 0.3) is 0 Å². The molecule has 0 bridgehead atoms. The van der Waals surface area contributed by atoms with E-state index in [-0.39, 0.29) is 5.91 Å². The molecule has 6 heteroatoms. The number of hydrazone groups is 1. The Labute approximate surface area is 141 Å². The first-order valence-electron chi connectivity index (χ1n) is 7.31. The number of hydrogen-bond acceptors (Lipinski definition) is 5. The molecule has 0 saturated heterocycles. The summed E-state index contributed by atoms with van der Waals surface area (Å²) < 4.78 is 15.6. The van der Waals surface area contributed by atoms with E-state index < -0.39 is 6.10 Å². The summed E-state index contributed by atoms with van der Waals surface area (Å²) in [7, 11) is 4.62. The summed E-state index contributed by atoms with van der Waals surface area (Å²) in [5.74, 6) is 0.928. The summed E-state index contributed by atoms with van der Waals surface area (Å²) in [4.78, 5) is 12.2. The molecule has 1 amide bonds. The number of benzene rings is 2. The number of hydrogen-bond donors (Lipinski definition) is 1. The number of nitrogens with zero attached hydrogens (tertiary/aromatic N) is 1. The minimum Gasteiger partial charge on any atom is -0.497 e. The number of rotatable bonds is 7. The maximum atomic E-state index is 12.2. The minimum absolute atomic E-state index is 0.352. The molecule has 1 N–H and O–H groups in total. The fourth-order valence-electron chi connectivity index (χ4n) is 2.16. The van der Waals surface area contributed by atoms with Crippen molar-refractivity contribution in [3.63, 3.8) is 0 Å². The highest BCUT2D eigenvalue weighted by atomic mass is 16.5. The van der Waals surface area contributed by atoms with Crippen LogP contribution in [0, 0.1) is 0 Å². The van der Waals surface area contributed by atoms with Crippen LogP contribution >= 0.6 is 0 Å². The van der Waals surface area contributed by atoms with Crippen molar-refractivity contribution in [2.45, 2.75) is 6.10 Å². The quantitative estimate of drug-likeness (QED) is 0.626. The zero-order valence-corrected chi connectivity index (χ0v) is 13.9. The van der Waals surface area contributed by atoms with Crippen molar-refractivity contribution >= 4 is 12.1 Å². The normalized spacial score (nSPS) is 12.0. The van der Waals surface area contributed by atoms with E-state index in [0.29, 0.717) is 11.5 Å². The van der Waals surface area contributed by atoms with Gasteiger partial charge >= 0.3 is 0 Å². The van der Waals surface area contributed by atoms with Crippen LogP contribution in [-0.2, 0) is 9.53 Å². The van der Waals surface area contributed by atoms with Gasteiger partial charge in [0, 0.05) is 18.7 Å². The molecule has 0 aliphatic rings. The van der Waals surface area contributed by atoms with Gasteiger partial charge in [0.25, 0.3) is 5.91 Å². The van der Waals surface area contributed by atoms with Gasteiger partial charge in [-0.25, -0.2) is 5.43 Å². The highest BCUT2D eigenvalue weighted by Gasteiger charge is 2.19. The maximum Gasteiger partial charge on any atom is 0.273 e. The topological polar surface area (TPSA) is 69.2 Å². The van der Waals surface area contributed by atoms with Crippen molar-refractivity contribution in [1.29, 1.82) is 0 Å². The molecule has 0 fully saturated rings. The number of carbonyl (C=O) groups is 1. The molecule has 0 radical (unpaired) electrons. The molecule has 0 spiro atoms. The molecular weight excluding hydrogens is 308 g/mol. The Balaban J connectivity index is 2.06. The molecule has 0 saturated carbocycles. The molecule has 6 nitrogen and oxygen atoms in total. The van der Waals surface area contributed by atoms with Crippen LogP contribution in [0.5, 0.6) is 11.5 Å². The molecular formula is C18H20N2O4. The fraction of sp³-hybridized carbons (Fsp3) is 0.222. The molecule has 0 aromatic heterocycles. The van der Waals surface area contributed by atoms with Crippen LogP contribution in [0.2, 0.25) is 0 Å². The van der Waals surface area contributed by atoms with E-state index >= 15 is 0 Å². The highest BCUT2D eigenvalue weighted by molar-refractivity contribution is 5.85. The van der Waals surface area contributed by atoms with Crippen LogP contribution < -0.4 is 14.9 Å². The third kappa shape index (κ3) is 4.57. The number of methoxy groups -OCH3 is 3. The van der Waals surface area contributed by atoms with E-state index in [0.717, 1.165) is 11.1 Å². The second kappa shape index (κ2) is 8.69. The first-order valence-corrected chi connectivity index (χ1v) is 7.31. The van der Waals surface area contributed by atoms with Crippen molar-refractivity contribution < 1.29 is 19.0 Å². The van der Waals surface area contributed by atoms with Gasteiger partial charge in [-0.3, -0.25) is 4.79 Å². The molecule has 0 aliphatic heterocycles. The summed E-state index contributed by atoms with van der Waals surface area (Å²) in [5.41, 5.74) is 3.98. The van der Waals surface area contributed by atoms with Crippen molar-refractivity contribution in [2.75, 3.05) is 21.3 Å². The van der Waals surface area contributed by atoms with Gasteiger partial charge < -0.3 is 14.2 Å². The average Bonchev–Trinajstić information content (AvgIpc) is 2.63. The Morgan fingerprint density at radius 3 is 2.21 bits per heavy atom. The predicted octanol–water partition coefficient (Wildman–Crippen LogP) is 2.54. The van der Waals surface area contributed by atoms with E-state index in [1.807, 2.05) is 30.3 Å². The van der Waals surface area contributed by atoms with Gasteiger partial charge in [0.2, 0.25) is 0 Å². The van der Waals surface area contributed by atoms with Crippen LogP contribution in [0.1, 0.15) is 17.2 Å². The SMILES string of the molecule is COc1cc(/C=N/NC(=O)C(OC)c2ccccc2)cc(OC)c1. The lowest BCUT2D eigenvalue weighted by Gasteiger charge is -2.13. The summed E-state index contributed by atoms with van der Waals surface area (Å²) in [6, 6.07) is 14.5. The molecule has 126 valence electrons. The Morgan fingerprint density at radius 1 is 1.04 bits per heavy atom. The predicted molar refractivity (Wildman–Crippen MR) is 91.5 cm³/mol. The van der Waals surface area contributed by atoms with Gasteiger partial charge in [-0.2, -0.15) is 5.10 Å². The summed E-state index contributed by atoms with van der Waals surface area (Å²) in [6.07, 6.45) is 0.795. The third-order valence-corrected chi connectivity index (χ3v) is 3.34. The average molecular weight is 328 g/mol. The highest BCUT2D eigenvalue weighted by Crippen LogP contribution is 2.21. The molecule has 2 aromatic rings. The summed E-state index contributed by atoms with van der Waals surface area (Å²) in [5, 5.41) is 3.97. The number of ether oxygens (including phenoxy) is 3. The van der Waals surface area contributed by atoms with E-state index in [2.05, 4.69) is 10.5 Å². The maximum absolute atomic E-state index is 12.2. The lowest BCUT2D eigenvalue weighted by Crippen LogP contribution is -2.26. The molecule has 2 rings (SSSR count). The van der Waals surface area contributed by atoms with E-state index in [1.165, 1.54) is 13.3 Å². The zero-order valence-electron chi connectivity index (χ0n) is 13.9. The van der Waals surface area contributed by atoms with Crippen LogP contribution in [0.3, 0.4) is 0 Å². The third-order valence-electron chi connectivity index (χ3n) is 3.34. The number of amides is 1. The zero-order chi connectivity index (χ0) is 17.4. The minimum atomic E-state index is -0.719. The van der Waals surface area contributed by atoms with Crippen molar-refractivity contribution in [1.82, 2.24) is 5.43 Å². The van der Waals surface area contributed by atoms with E-state index in [9.17, 15) is 4.79 Å². The second-order valence-electron chi connectivity index (χ2n) is 4.91. The van der Waals surface area contributed by atoms with Crippen LogP contribution in [-0.4, -0.2) is 33.5 Å². The molecule has 2 aromatic carbocycles. The van der Waals surface area contributed by atoms with Crippen LogP contribution in [0.4, 0.5) is 0 Å². The van der Waals surface area contributed by atoms with Crippen LogP contribution in [0.15, 0.2) is 53.6 Å². The van der Waals surface area contributed by atoms with E-state index in [4.69, 9.17) is 14.2 Å². The van der Waals surface area contributed by atoms with Gasteiger partial charge in [-0.1, -0.05) is 30.3 Å². The first kappa shape index (κ1) is 17.5. The van der Waals surface area contributed by atoms with Crippen molar-refractivity contribution in [3.8, 4) is 11.5 Å². The van der Waals surface area contributed by atoms with Crippen molar-refractivity contribution in [3.05, 3.63) is 59.7 Å². The summed E-state index contributed by atoms with van der Waals surface area (Å²) >= 11 is 0. The Bertz CT molecular complexity index is 679.